The molecule has 2 aliphatic rings. The summed E-state index contributed by atoms with van der Waals surface area (Å²) in [5.41, 5.74) is 1.69. The zero-order chi connectivity index (χ0) is 18.8. The van der Waals surface area contributed by atoms with Gasteiger partial charge < -0.3 is 9.47 Å². The third kappa shape index (κ3) is 3.39. The zero-order valence-corrected chi connectivity index (χ0v) is 15.6. The quantitative estimate of drug-likeness (QED) is 0.725. The largest absolute Gasteiger partial charge is 0.497 e. The highest BCUT2D eigenvalue weighted by atomic mass is 16.5. The summed E-state index contributed by atoms with van der Waals surface area (Å²) in [7, 11) is 1.61. The maximum absolute atomic E-state index is 13.1. The summed E-state index contributed by atoms with van der Waals surface area (Å²) in [4.78, 5) is 22.4. The lowest BCUT2D eigenvalue weighted by atomic mass is 9.97. The second-order valence-corrected chi connectivity index (χ2v) is 6.85. The monoisotopic (exact) mass is 365 g/mol. The van der Waals surface area contributed by atoms with E-state index in [9.17, 15) is 4.79 Å². The first kappa shape index (κ1) is 17.5. The second-order valence-electron chi connectivity index (χ2n) is 6.85. The van der Waals surface area contributed by atoms with Crippen molar-refractivity contribution in [1.29, 1.82) is 0 Å². The third-order valence-corrected chi connectivity index (χ3v) is 4.99. The lowest BCUT2D eigenvalue weighted by molar-refractivity contribution is 0.385. The summed E-state index contributed by atoms with van der Waals surface area (Å²) >= 11 is 0. The van der Waals surface area contributed by atoms with Gasteiger partial charge in [0.15, 0.2) is 5.82 Å². The molecule has 0 saturated carbocycles. The number of aliphatic imine (C=N–C) groups is 1. The van der Waals surface area contributed by atoms with Gasteiger partial charge in [0.05, 0.1) is 12.7 Å². The van der Waals surface area contributed by atoms with Crippen LogP contribution in [-0.2, 0) is 13.0 Å². The standard InChI is InChI=1S/C21H23N3O3/c1-3-11-24-20(25)17-13-18(14-7-4-5-8-14)22-19(17)23-21(24)27-16-10-6-9-15(12-16)26-2/h4-6,9-10,12,14H,3,7-8,11,13H2,1-2H3. The van der Waals surface area contributed by atoms with E-state index < -0.39 is 0 Å². The van der Waals surface area contributed by atoms with Crippen molar-refractivity contribution in [3.05, 3.63) is 52.3 Å². The Morgan fingerprint density at radius 1 is 1.22 bits per heavy atom. The van der Waals surface area contributed by atoms with Crippen molar-refractivity contribution in [3.8, 4) is 17.5 Å². The fourth-order valence-corrected chi connectivity index (χ4v) is 3.56. The van der Waals surface area contributed by atoms with Gasteiger partial charge in [0.2, 0.25) is 0 Å². The number of methoxy groups -OCH3 is 1. The van der Waals surface area contributed by atoms with Crippen LogP contribution in [0.5, 0.6) is 17.5 Å². The van der Waals surface area contributed by atoms with Crippen molar-refractivity contribution < 1.29 is 9.47 Å². The first-order valence-electron chi connectivity index (χ1n) is 9.37. The Balaban J connectivity index is 1.71. The van der Waals surface area contributed by atoms with E-state index in [1.54, 1.807) is 17.7 Å². The van der Waals surface area contributed by atoms with E-state index in [0.717, 1.165) is 25.0 Å². The molecule has 140 valence electrons. The molecule has 0 spiro atoms. The Kier molecular flexibility index (Phi) is 4.79. The third-order valence-electron chi connectivity index (χ3n) is 4.99. The Bertz CT molecular complexity index is 967. The van der Waals surface area contributed by atoms with Crippen molar-refractivity contribution in [2.45, 2.75) is 39.2 Å². The molecule has 0 N–H and O–H groups in total. The Hall–Kier alpha value is -2.89. The molecule has 0 bridgehead atoms. The van der Waals surface area contributed by atoms with Crippen LogP contribution in [0, 0.1) is 5.92 Å². The van der Waals surface area contributed by atoms with E-state index in [0.29, 0.717) is 41.8 Å². The Morgan fingerprint density at radius 3 is 2.74 bits per heavy atom. The highest BCUT2D eigenvalue weighted by Crippen LogP contribution is 2.32. The van der Waals surface area contributed by atoms with Crippen LogP contribution >= 0.6 is 0 Å². The molecule has 2 aromatic rings. The van der Waals surface area contributed by atoms with Crippen molar-refractivity contribution in [1.82, 2.24) is 9.55 Å². The summed E-state index contributed by atoms with van der Waals surface area (Å²) < 4.78 is 12.8. The van der Waals surface area contributed by atoms with Crippen LogP contribution in [-0.4, -0.2) is 22.4 Å². The highest BCUT2D eigenvalue weighted by Gasteiger charge is 2.28. The first-order chi connectivity index (χ1) is 13.2. The van der Waals surface area contributed by atoms with Gasteiger partial charge in [0.1, 0.15) is 11.5 Å². The van der Waals surface area contributed by atoms with Crippen molar-refractivity contribution in [3.63, 3.8) is 0 Å². The van der Waals surface area contributed by atoms with E-state index in [2.05, 4.69) is 22.1 Å². The molecular formula is C21H23N3O3. The second kappa shape index (κ2) is 7.39. The molecule has 27 heavy (non-hydrogen) atoms. The smallest absolute Gasteiger partial charge is 0.306 e. The predicted octanol–water partition coefficient (Wildman–Crippen LogP) is 4.05. The molecule has 6 nitrogen and oxygen atoms in total. The van der Waals surface area contributed by atoms with Crippen LogP contribution in [0.4, 0.5) is 5.82 Å². The number of benzene rings is 1. The number of allylic oxidation sites excluding steroid dienone is 2. The average Bonchev–Trinajstić information content (AvgIpc) is 3.34. The van der Waals surface area contributed by atoms with Crippen LogP contribution in [0.3, 0.4) is 0 Å². The molecule has 0 atom stereocenters. The fourth-order valence-electron chi connectivity index (χ4n) is 3.56. The maximum atomic E-state index is 13.1. The normalized spacial score (nSPS) is 15.7. The number of aromatic nitrogens is 2. The zero-order valence-electron chi connectivity index (χ0n) is 15.6. The minimum atomic E-state index is -0.0514. The summed E-state index contributed by atoms with van der Waals surface area (Å²) in [5, 5.41) is 0. The number of nitrogens with zero attached hydrogens (tertiary/aromatic N) is 3. The van der Waals surface area contributed by atoms with Crippen molar-refractivity contribution >= 4 is 11.5 Å². The topological polar surface area (TPSA) is 65.7 Å². The van der Waals surface area contributed by atoms with E-state index in [-0.39, 0.29) is 11.6 Å². The summed E-state index contributed by atoms with van der Waals surface area (Å²) in [6.07, 6.45) is 7.74. The molecule has 1 aliphatic heterocycles. The van der Waals surface area contributed by atoms with E-state index >= 15 is 0 Å². The molecule has 2 heterocycles. The fraction of sp³-hybridized carbons (Fsp3) is 0.381. The molecule has 0 amide bonds. The van der Waals surface area contributed by atoms with Crippen LogP contribution in [0.25, 0.3) is 0 Å². The molecule has 4 rings (SSSR count). The van der Waals surface area contributed by atoms with E-state index in [1.807, 2.05) is 25.1 Å². The first-order valence-corrected chi connectivity index (χ1v) is 9.37. The van der Waals surface area contributed by atoms with Gasteiger partial charge >= 0.3 is 6.01 Å². The lowest BCUT2D eigenvalue weighted by Crippen LogP contribution is -2.26. The van der Waals surface area contributed by atoms with Gasteiger partial charge in [-0.2, -0.15) is 4.98 Å². The molecule has 1 aliphatic carbocycles. The molecule has 0 unspecified atom stereocenters. The number of rotatable bonds is 6. The summed E-state index contributed by atoms with van der Waals surface area (Å²) in [6.45, 7) is 2.58. The number of hydrogen-bond acceptors (Lipinski definition) is 5. The Morgan fingerprint density at radius 2 is 2.00 bits per heavy atom. The highest BCUT2D eigenvalue weighted by molar-refractivity contribution is 5.95. The minimum absolute atomic E-state index is 0.0514. The molecule has 0 fully saturated rings. The van der Waals surface area contributed by atoms with Crippen molar-refractivity contribution in [2.24, 2.45) is 10.9 Å². The van der Waals surface area contributed by atoms with Gasteiger partial charge in [-0.25, -0.2) is 4.99 Å². The van der Waals surface area contributed by atoms with Gasteiger partial charge in [-0.05, 0) is 31.4 Å². The molecule has 1 aromatic carbocycles. The van der Waals surface area contributed by atoms with Gasteiger partial charge in [0, 0.05) is 30.7 Å². The van der Waals surface area contributed by atoms with Gasteiger partial charge in [-0.3, -0.25) is 9.36 Å². The minimum Gasteiger partial charge on any atom is -0.497 e. The average molecular weight is 365 g/mol. The molecular weight excluding hydrogens is 342 g/mol. The maximum Gasteiger partial charge on any atom is 0.306 e. The van der Waals surface area contributed by atoms with Gasteiger partial charge in [0.25, 0.3) is 5.56 Å². The van der Waals surface area contributed by atoms with Crippen LogP contribution in [0.2, 0.25) is 0 Å². The van der Waals surface area contributed by atoms with Crippen LogP contribution < -0.4 is 15.0 Å². The number of hydrogen-bond donors (Lipinski definition) is 0. The molecule has 0 radical (unpaired) electrons. The van der Waals surface area contributed by atoms with Crippen LogP contribution in [0.1, 0.15) is 31.7 Å². The molecule has 0 saturated heterocycles. The Labute approximate surface area is 158 Å². The molecule has 6 heteroatoms. The van der Waals surface area contributed by atoms with E-state index in [4.69, 9.17) is 9.47 Å². The SMILES string of the molecule is CCCn1c(Oc2cccc(OC)c2)nc2c(c1=O)CC(C1CC=CC1)=N2. The van der Waals surface area contributed by atoms with Gasteiger partial charge in [-0.15, -0.1) is 0 Å². The van der Waals surface area contributed by atoms with E-state index in [1.165, 1.54) is 0 Å². The lowest BCUT2D eigenvalue weighted by Gasteiger charge is -2.13. The summed E-state index contributed by atoms with van der Waals surface area (Å²) in [6, 6.07) is 7.55. The predicted molar refractivity (Wildman–Crippen MR) is 105 cm³/mol. The summed E-state index contributed by atoms with van der Waals surface area (Å²) in [5.74, 6) is 2.16. The van der Waals surface area contributed by atoms with Gasteiger partial charge in [-0.1, -0.05) is 25.1 Å². The van der Waals surface area contributed by atoms with Crippen molar-refractivity contribution in [2.75, 3.05) is 7.11 Å². The molecule has 1 aromatic heterocycles. The number of fused-ring (bicyclic) bond motifs is 1. The van der Waals surface area contributed by atoms with Crippen LogP contribution in [0.15, 0.2) is 46.2 Å². The number of ether oxygens (including phenoxy) is 2.